The van der Waals surface area contributed by atoms with Crippen molar-refractivity contribution in [1.82, 2.24) is 9.47 Å². The second-order valence-corrected chi connectivity index (χ2v) is 8.05. The summed E-state index contributed by atoms with van der Waals surface area (Å²) < 4.78 is 18.7. The molecule has 2 heterocycles. The molecule has 0 bridgehead atoms. The molecule has 1 atom stereocenters. The zero-order valence-corrected chi connectivity index (χ0v) is 19.4. The van der Waals surface area contributed by atoms with Gasteiger partial charge in [0.2, 0.25) is 5.75 Å². The van der Waals surface area contributed by atoms with Crippen molar-refractivity contribution in [3.05, 3.63) is 70.0 Å². The molecular formula is C23H23Cl2N3O4. The average molecular weight is 476 g/mol. The van der Waals surface area contributed by atoms with E-state index in [1.807, 2.05) is 30.5 Å². The summed E-state index contributed by atoms with van der Waals surface area (Å²) in [4.78, 5) is 15.1. The lowest BCUT2D eigenvalue weighted by Crippen LogP contribution is -2.44. The Morgan fingerprint density at radius 2 is 1.69 bits per heavy atom. The van der Waals surface area contributed by atoms with Crippen LogP contribution < -0.4 is 19.5 Å². The number of nitrogens with one attached hydrogen (secondary N) is 1. The maximum absolute atomic E-state index is 13.4. The summed E-state index contributed by atoms with van der Waals surface area (Å²) >= 11 is 12.1. The molecule has 0 spiro atoms. The van der Waals surface area contributed by atoms with Crippen molar-refractivity contribution in [2.75, 3.05) is 33.2 Å². The predicted molar refractivity (Wildman–Crippen MR) is 125 cm³/mol. The summed E-state index contributed by atoms with van der Waals surface area (Å²) in [5, 5.41) is 3.73. The number of benzene rings is 2. The van der Waals surface area contributed by atoms with Gasteiger partial charge in [-0.05, 0) is 48.0 Å². The standard InChI is InChI=1S/C23H23Cl2N3O4/c1-30-19-11-14(12-20(31-2)22(19)32-3)21-18-5-4-8-27(18)9-10-28(21)23(29)26-15-6-7-16(24)17(25)13-15/h4-8,11-13,21H,9-10H2,1-3H3,(H,26,29)/t21-/m0/s1. The topological polar surface area (TPSA) is 65.0 Å². The molecule has 0 aliphatic carbocycles. The number of carbonyl (C=O) groups excluding carboxylic acids is 1. The number of hydrogen-bond donors (Lipinski definition) is 1. The molecule has 1 N–H and O–H groups in total. The van der Waals surface area contributed by atoms with Crippen LogP contribution in [-0.2, 0) is 6.54 Å². The number of carbonyl (C=O) groups is 1. The van der Waals surface area contributed by atoms with E-state index < -0.39 is 0 Å². The molecule has 0 radical (unpaired) electrons. The normalized spacial score (nSPS) is 15.2. The van der Waals surface area contributed by atoms with E-state index in [1.54, 1.807) is 44.4 Å². The molecular weight excluding hydrogens is 453 g/mol. The van der Waals surface area contributed by atoms with Crippen LogP contribution in [0, 0.1) is 0 Å². The van der Waals surface area contributed by atoms with Crippen LogP contribution in [0.5, 0.6) is 17.2 Å². The van der Waals surface area contributed by atoms with Crippen molar-refractivity contribution < 1.29 is 19.0 Å². The summed E-state index contributed by atoms with van der Waals surface area (Å²) in [6.07, 6.45) is 2.01. The molecule has 168 valence electrons. The molecule has 3 aromatic rings. The first-order valence-corrected chi connectivity index (χ1v) is 10.7. The van der Waals surface area contributed by atoms with E-state index in [1.165, 1.54) is 0 Å². The van der Waals surface area contributed by atoms with Crippen LogP contribution in [0.15, 0.2) is 48.7 Å². The number of anilines is 1. The first-order chi connectivity index (χ1) is 15.5. The molecule has 1 aliphatic rings. The maximum Gasteiger partial charge on any atom is 0.322 e. The highest BCUT2D eigenvalue weighted by Crippen LogP contribution is 2.43. The highest BCUT2D eigenvalue weighted by Gasteiger charge is 2.33. The molecule has 0 saturated heterocycles. The monoisotopic (exact) mass is 475 g/mol. The van der Waals surface area contributed by atoms with Crippen molar-refractivity contribution in [2.45, 2.75) is 12.6 Å². The molecule has 9 heteroatoms. The number of aromatic nitrogens is 1. The number of nitrogens with zero attached hydrogens (tertiary/aromatic N) is 2. The van der Waals surface area contributed by atoms with Gasteiger partial charge in [-0.1, -0.05) is 23.2 Å². The summed E-state index contributed by atoms with van der Waals surface area (Å²) in [7, 11) is 4.70. The highest BCUT2D eigenvalue weighted by atomic mass is 35.5. The first-order valence-electron chi connectivity index (χ1n) is 9.94. The van der Waals surface area contributed by atoms with E-state index in [-0.39, 0.29) is 12.1 Å². The molecule has 0 unspecified atom stereocenters. The second-order valence-electron chi connectivity index (χ2n) is 7.24. The Morgan fingerprint density at radius 3 is 2.31 bits per heavy atom. The average Bonchev–Trinajstić information content (AvgIpc) is 3.28. The fourth-order valence-electron chi connectivity index (χ4n) is 3.98. The van der Waals surface area contributed by atoms with Gasteiger partial charge < -0.3 is 29.0 Å². The Hall–Kier alpha value is -3.03. The van der Waals surface area contributed by atoms with E-state index in [2.05, 4.69) is 9.88 Å². The Bertz CT molecular complexity index is 1120. The minimum atomic E-state index is -0.366. The lowest BCUT2D eigenvalue weighted by atomic mass is 9.99. The third kappa shape index (κ3) is 4.06. The lowest BCUT2D eigenvalue weighted by molar-refractivity contribution is 0.181. The smallest absolute Gasteiger partial charge is 0.322 e. The van der Waals surface area contributed by atoms with Gasteiger partial charge in [0.15, 0.2) is 11.5 Å². The van der Waals surface area contributed by atoms with Crippen LogP contribution in [-0.4, -0.2) is 43.4 Å². The van der Waals surface area contributed by atoms with Gasteiger partial charge in [0.1, 0.15) is 0 Å². The third-order valence-corrected chi connectivity index (χ3v) is 6.21. The molecule has 0 saturated carbocycles. The number of amides is 2. The van der Waals surface area contributed by atoms with Gasteiger partial charge in [0.05, 0.1) is 37.4 Å². The number of methoxy groups -OCH3 is 3. The Labute approximate surface area is 196 Å². The number of halogens is 2. The Kier molecular flexibility index (Phi) is 6.39. The largest absolute Gasteiger partial charge is 0.493 e. The van der Waals surface area contributed by atoms with Crippen LogP contribution in [0.25, 0.3) is 0 Å². The number of hydrogen-bond acceptors (Lipinski definition) is 4. The molecule has 7 nitrogen and oxygen atoms in total. The van der Waals surface area contributed by atoms with E-state index >= 15 is 0 Å². The lowest BCUT2D eigenvalue weighted by Gasteiger charge is -2.37. The van der Waals surface area contributed by atoms with Crippen LogP contribution in [0.4, 0.5) is 10.5 Å². The molecule has 2 amide bonds. The summed E-state index contributed by atoms with van der Waals surface area (Å²) in [5.41, 5.74) is 2.38. The number of ether oxygens (including phenoxy) is 3. The van der Waals surface area contributed by atoms with E-state index in [0.717, 1.165) is 11.3 Å². The molecule has 1 aromatic heterocycles. The van der Waals surface area contributed by atoms with Crippen LogP contribution in [0.2, 0.25) is 10.0 Å². The second kappa shape index (κ2) is 9.22. The zero-order chi connectivity index (χ0) is 22.8. The summed E-state index contributed by atoms with van der Waals surface area (Å²) in [6, 6.07) is 12.1. The van der Waals surface area contributed by atoms with E-state index in [0.29, 0.717) is 46.1 Å². The SMILES string of the molecule is COc1cc([C@H]2c3cccn3CCN2C(=O)Nc2ccc(Cl)c(Cl)c2)cc(OC)c1OC. The first kappa shape index (κ1) is 22.2. The summed E-state index contributed by atoms with van der Waals surface area (Å²) in [5.74, 6) is 1.54. The minimum Gasteiger partial charge on any atom is -0.493 e. The van der Waals surface area contributed by atoms with Crippen molar-refractivity contribution in [3.63, 3.8) is 0 Å². The predicted octanol–water partition coefficient (Wildman–Crippen LogP) is 5.46. The fraction of sp³-hybridized carbons (Fsp3) is 0.261. The van der Waals surface area contributed by atoms with Gasteiger partial charge in [0.25, 0.3) is 0 Å². The number of urea groups is 1. The van der Waals surface area contributed by atoms with Crippen molar-refractivity contribution in [3.8, 4) is 17.2 Å². The van der Waals surface area contributed by atoms with Crippen molar-refractivity contribution >= 4 is 34.9 Å². The van der Waals surface area contributed by atoms with Crippen molar-refractivity contribution in [1.29, 1.82) is 0 Å². The van der Waals surface area contributed by atoms with Gasteiger partial charge in [-0.15, -0.1) is 0 Å². The van der Waals surface area contributed by atoms with Gasteiger partial charge in [-0.3, -0.25) is 0 Å². The Morgan fingerprint density at radius 1 is 0.969 bits per heavy atom. The quantitative estimate of drug-likeness (QED) is 0.532. The van der Waals surface area contributed by atoms with Crippen LogP contribution in [0.3, 0.4) is 0 Å². The number of rotatable bonds is 5. The molecule has 2 aromatic carbocycles. The summed E-state index contributed by atoms with van der Waals surface area (Å²) in [6.45, 7) is 1.19. The van der Waals surface area contributed by atoms with Crippen molar-refractivity contribution in [2.24, 2.45) is 0 Å². The van der Waals surface area contributed by atoms with E-state index in [4.69, 9.17) is 37.4 Å². The van der Waals surface area contributed by atoms with Gasteiger partial charge in [-0.2, -0.15) is 0 Å². The third-order valence-electron chi connectivity index (χ3n) is 5.47. The molecule has 0 fully saturated rings. The van der Waals surface area contributed by atoms with Crippen LogP contribution >= 0.6 is 23.2 Å². The number of fused-ring (bicyclic) bond motifs is 1. The Balaban J connectivity index is 1.75. The highest BCUT2D eigenvalue weighted by molar-refractivity contribution is 6.42. The van der Waals surface area contributed by atoms with Crippen LogP contribution in [0.1, 0.15) is 17.3 Å². The fourth-order valence-corrected chi connectivity index (χ4v) is 4.28. The molecule has 4 rings (SSSR count). The van der Waals surface area contributed by atoms with Gasteiger partial charge >= 0.3 is 6.03 Å². The zero-order valence-electron chi connectivity index (χ0n) is 17.9. The van der Waals surface area contributed by atoms with Gasteiger partial charge in [0, 0.05) is 30.7 Å². The molecule has 1 aliphatic heterocycles. The molecule has 32 heavy (non-hydrogen) atoms. The van der Waals surface area contributed by atoms with Gasteiger partial charge in [-0.25, -0.2) is 4.79 Å². The van der Waals surface area contributed by atoms with E-state index in [9.17, 15) is 4.79 Å². The minimum absolute atomic E-state index is 0.255. The maximum atomic E-state index is 13.4.